The zero-order chi connectivity index (χ0) is 10.6. The molecule has 0 aromatic rings. The third-order valence-electron chi connectivity index (χ3n) is 3.86. The van der Waals surface area contributed by atoms with Crippen molar-refractivity contribution in [2.45, 2.75) is 77.8 Å². The third-order valence-corrected chi connectivity index (χ3v) is 3.86. The highest BCUT2D eigenvalue weighted by Gasteiger charge is 2.34. The van der Waals surface area contributed by atoms with Crippen molar-refractivity contribution in [1.29, 1.82) is 0 Å². The van der Waals surface area contributed by atoms with Gasteiger partial charge in [0.1, 0.15) is 0 Å². The van der Waals surface area contributed by atoms with Gasteiger partial charge < -0.3 is 5.32 Å². The van der Waals surface area contributed by atoms with Gasteiger partial charge in [-0.25, -0.2) is 0 Å². The zero-order valence-corrected chi connectivity index (χ0v) is 10.4. The second kappa shape index (κ2) is 5.16. The molecular weight excluding hydrogens is 170 g/mol. The highest BCUT2D eigenvalue weighted by atomic mass is 15.0. The minimum Gasteiger partial charge on any atom is -0.309 e. The molecule has 0 saturated heterocycles. The second-order valence-electron chi connectivity index (χ2n) is 5.34. The fourth-order valence-electron chi connectivity index (χ4n) is 2.60. The predicted octanol–water partition coefficient (Wildman–Crippen LogP) is 3.73. The summed E-state index contributed by atoms with van der Waals surface area (Å²) in [5, 5.41) is 3.86. The van der Waals surface area contributed by atoms with E-state index in [0.717, 1.165) is 12.0 Å². The van der Waals surface area contributed by atoms with Crippen LogP contribution in [0, 0.1) is 5.92 Å². The SMILES string of the molecule is CCCC(C)C(CC)NC1(C)CCC1. The maximum absolute atomic E-state index is 3.86. The Kier molecular flexibility index (Phi) is 4.43. The maximum atomic E-state index is 3.86. The lowest BCUT2D eigenvalue weighted by Crippen LogP contribution is -2.54. The van der Waals surface area contributed by atoms with Crippen molar-refractivity contribution in [3.63, 3.8) is 0 Å². The van der Waals surface area contributed by atoms with Crippen LogP contribution >= 0.6 is 0 Å². The molecule has 1 N–H and O–H groups in total. The van der Waals surface area contributed by atoms with Crippen molar-refractivity contribution in [2.75, 3.05) is 0 Å². The molecule has 0 radical (unpaired) electrons. The van der Waals surface area contributed by atoms with Gasteiger partial charge in [-0.2, -0.15) is 0 Å². The number of hydrogen-bond donors (Lipinski definition) is 1. The van der Waals surface area contributed by atoms with Crippen molar-refractivity contribution in [3.05, 3.63) is 0 Å². The van der Waals surface area contributed by atoms with Crippen LogP contribution in [0.15, 0.2) is 0 Å². The summed E-state index contributed by atoms with van der Waals surface area (Å²) in [5.74, 6) is 0.836. The summed E-state index contributed by atoms with van der Waals surface area (Å²) in [4.78, 5) is 0. The summed E-state index contributed by atoms with van der Waals surface area (Å²) in [6.07, 6.45) is 8.13. The molecule has 0 aromatic heterocycles. The Hall–Kier alpha value is -0.0400. The van der Waals surface area contributed by atoms with E-state index in [2.05, 4.69) is 33.0 Å². The van der Waals surface area contributed by atoms with Crippen LogP contribution in [0.1, 0.15) is 66.2 Å². The van der Waals surface area contributed by atoms with Gasteiger partial charge in [0.15, 0.2) is 0 Å². The van der Waals surface area contributed by atoms with Crippen LogP contribution in [0.2, 0.25) is 0 Å². The summed E-state index contributed by atoms with van der Waals surface area (Å²) in [6, 6.07) is 0.736. The third kappa shape index (κ3) is 2.98. The fourth-order valence-corrected chi connectivity index (χ4v) is 2.60. The Morgan fingerprint density at radius 1 is 1.29 bits per heavy atom. The van der Waals surface area contributed by atoms with E-state index < -0.39 is 0 Å². The molecule has 1 fully saturated rings. The quantitative estimate of drug-likeness (QED) is 0.684. The first-order valence-electron chi connectivity index (χ1n) is 6.39. The molecule has 1 heteroatoms. The Balaban J connectivity index is 2.37. The molecule has 2 unspecified atom stereocenters. The van der Waals surface area contributed by atoms with Crippen molar-refractivity contribution in [1.82, 2.24) is 5.32 Å². The molecule has 1 nitrogen and oxygen atoms in total. The zero-order valence-electron chi connectivity index (χ0n) is 10.4. The summed E-state index contributed by atoms with van der Waals surface area (Å²) in [6.45, 7) is 9.38. The van der Waals surface area contributed by atoms with Gasteiger partial charge in [-0.05, 0) is 44.9 Å². The molecule has 1 aliphatic carbocycles. The molecule has 0 aromatic carbocycles. The summed E-state index contributed by atoms with van der Waals surface area (Å²) in [7, 11) is 0. The van der Waals surface area contributed by atoms with E-state index in [1.54, 1.807) is 0 Å². The van der Waals surface area contributed by atoms with Gasteiger partial charge >= 0.3 is 0 Å². The van der Waals surface area contributed by atoms with Crippen molar-refractivity contribution >= 4 is 0 Å². The first-order chi connectivity index (χ1) is 6.61. The van der Waals surface area contributed by atoms with Gasteiger partial charge in [-0.3, -0.25) is 0 Å². The molecule has 0 spiro atoms. The van der Waals surface area contributed by atoms with Gasteiger partial charge in [0, 0.05) is 11.6 Å². The van der Waals surface area contributed by atoms with E-state index >= 15 is 0 Å². The second-order valence-corrected chi connectivity index (χ2v) is 5.34. The molecule has 0 bridgehead atoms. The molecule has 1 rings (SSSR count). The number of nitrogens with one attached hydrogen (secondary N) is 1. The van der Waals surface area contributed by atoms with E-state index in [9.17, 15) is 0 Å². The first-order valence-corrected chi connectivity index (χ1v) is 6.39. The van der Waals surface area contributed by atoms with Crippen LogP contribution in [0.5, 0.6) is 0 Å². The average Bonchev–Trinajstić information content (AvgIpc) is 2.11. The molecule has 0 heterocycles. The average molecular weight is 197 g/mol. The van der Waals surface area contributed by atoms with Crippen molar-refractivity contribution < 1.29 is 0 Å². The fraction of sp³-hybridized carbons (Fsp3) is 1.00. The summed E-state index contributed by atoms with van der Waals surface area (Å²) < 4.78 is 0. The van der Waals surface area contributed by atoms with E-state index in [0.29, 0.717) is 5.54 Å². The molecule has 84 valence electrons. The Labute approximate surface area is 89.7 Å². The van der Waals surface area contributed by atoms with Gasteiger partial charge in [-0.1, -0.05) is 27.2 Å². The first kappa shape index (κ1) is 12.0. The normalized spacial score (nSPS) is 24.0. The minimum absolute atomic E-state index is 0.475. The summed E-state index contributed by atoms with van der Waals surface area (Å²) in [5.41, 5.74) is 0.475. The molecule has 2 atom stereocenters. The van der Waals surface area contributed by atoms with E-state index in [4.69, 9.17) is 0 Å². The Bertz CT molecular complexity index is 161. The molecule has 0 amide bonds. The van der Waals surface area contributed by atoms with Crippen molar-refractivity contribution in [2.24, 2.45) is 5.92 Å². The van der Waals surface area contributed by atoms with Crippen LogP contribution in [-0.4, -0.2) is 11.6 Å². The van der Waals surface area contributed by atoms with Gasteiger partial charge in [0.25, 0.3) is 0 Å². The highest BCUT2D eigenvalue weighted by molar-refractivity contribution is 4.94. The van der Waals surface area contributed by atoms with Gasteiger partial charge in [0.05, 0.1) is 0 Å². The standard InChI is InChI=1S/C13H27N/c1-5-8-11(3)12(6-2)14-13(4)9-7-10-13/h11-12,14H,5-10H2,1-4H3. The highest BCUT2D eigenvalue weighted by Crippen LogP contribution is 2.32. The maximum Gasteiger partial charge on any atom is 0.0156 e. The predicted molar refractivity (Wildman–Crippen MR) is 63.5 cm³/mol. The number of rotatable bonds is 6. The smallest absolute Gasteiger partial charge is 0.0156 e. The molecular formula is C13H27N. The van der Waals surface area contributed by atoms with Crippen LogP contribution in [0.25, 0.3) is 0 Å². The van der Waals surface area contributed by atoms with Crippen LogP contribution in [0.4, 0.5) is 0 Å². The largest absolute Gasteiger partial charge is 0.309 e. The topological polar surface area (TPSA) is 12.0 Å². The van der Waals surface area contributed by atoms with Crippen LogP contribution in [0.3, 0.4) is 0 Å². The van der Waals surface area contributed by atoms with E-state index in [-0.39, 0.29) is 0 Å². The minimum atomic E-state index is 0.475. The lowest BCUT2D eigenvalue weighted by atomic mass is 9.77. The Morgan fingerprint density at radius 2 is 1.93 bits per heavy atom. The molecule has 1 saturated carbocycles. The van der Waals surface area contributed by atoms with E-state index in [1.165, 1.54) is 38.5 Å². The van der Waals surface area contributed by atoms with Gasteiger partial charge in [-0.15, -0.1) is 0 Å². The summed E-state index contributed by atoms with van der Waals surface area (Å²) >= 11 is 0. The Morgan fingerprint density at radius 3 is 2.29 bits per heavy atom. The monoisotopic (exact) mass is 197 g/mol. The van der Waals surface area contributed by atoms with E-state index in [1.807, 2.05) is 0 Å². The van der Waals surface area contributed by atoms with Crippen LogP contribution in [-0.2, 0) is 0 Å². The van der Waals surface area contributed by atoms with Crippen molar-refractivity contribution in [3.8, 4) is 0 Å². The lowest BCUT2D eigenvalue weighted by molar-refractivity contribution is 0.159. The van der Waals surface area contributed by atoms with Gasteiger partial charge in [0.2, 0.25) is 0 Å². The number of hydrogen-bond acceptors (Lipinski definition) is 1. The molecule has 0 aliphatic heterocycles. The molecule has 1 aliphatic rings. The molecule has 14 heavy (non-hydrogen) atoms. The lowest BCUT2D eigenvalue weighted by Gasteiger charge is -2.43. The van der Waals surface area contributed by atoms with Crippen LogP contribution < -0.4 is 5.32 Å².